The maximum absolute atomic E-state index is 6.00. The molecule has 102 valence electrons. The molecule has 0 bridgehead atoms. The smallest absolute Gasteiger partial charge is 0.0931 e. The van der Waals surface area contributed by atoms with Crippen LogP contribution in [0.3, 0.4) is 0 Å². The second-order valence-corrected chi connectivity index (χ2v) is 6.30. The molecule has 1 unspecified atom stereocenters. The molecule has 2 aromatic heterocycles. The number of fused-ring (bicyclic) bond motifs is 1. The van der Waals surface area contributed by atoms with Crippen molar-refractivity contribution in [3.05, 3.63) is 63.4 Å². The fraction of sp³-hybridized carbons (Fsp3) is 0.133. The number of nitrogens with two attached hydrogens (primary N) is 1. The first-order valence-corrected chi connectivity index (χ1v) is 7.51. The summed E-state index contributed by atoms with van der Waals surface area (Å²) in [6.45, 7) is 0. The zero-order valence-electron chi connectivity index (χ0n) is 10.7. The molecule has 0 fully saturated rings. The number of halogens is 1. The van der Waals surface area contributed by atoms with Crippen molar-refractivity contribution in [3.8, 4) is 0 Å². The highest BCUT2D eigenvalue weighted by Crippen LogP contribution is 2.30. The highest BCUT2D eigenvalue weighted by molar-refractivity contribution is 7.16. The monoisotopic (exact) mass is 303 g/mol. The van der Waals surface area contributed by atoms with Crippen LogP contribution < -0.4 is 11.3 Å². The summed E-state index contributed by atoms with van der Waals surface area (Å²) >= 11 is 7.55. The van der Waals surface area contributed by atoms with E-state index >= 15 is 0 Å². The first kappa shape index (κ1) is 13.5. The fourth-order valence-electron chi connectivity index (χ4n) is 2.31. The van der Waals surface area contributed by atoms with Gasteiger partial charge in [0.15, 0.2) is 0 Å². The van der Waals surface area contributed by atoms with E-state index in [1.807, 2.05) is 42.6 Å². The number of hydrogen-bond donors (Lipinski definition) is 2. The third-order valence-electron chi connectivity index (χ3n) is 3.30. The molecule has 3 aromatic rings. The Morgan fingerprint density at radius 2 is 2.05 bits per heavy atom. The quantitative estimate of drug-likeness (QED) is 0.571. The van der Waals surface area contributed by atoms with Gasteiger partial charge in [0.05, 0.1) is 15.9 Å². The summed E-state index contributed by atoms with van der Waals surface area (Å²) in [6.07, 6.45) is 2.64. The number of hydrogen-bond acceptors (Lipinski definition) is 4. The van der Waals surface area contributed by atoms with Crippen LogP contribution in [0.4, 0.5) is 0 Å². The van der Waals surface area contributed by atoms with Crippen LogP contribution in [-0.2, 0) is 6.42 Å². The molecule has 1 aromatic carbocycles. The second kappa shape index (κ2) is 5.89. The Morgan fingerprint density at radius 1 is 1.20 bits per heavy atom. The Kier molecular flexibility index (Phi) is 3.98. The van der Waals surface area contributed by atoms with E-state index in [1.165, 1.54) is 5.56 Å². The number of benzene rings is 1. The number of pyridine rings is 1. The van der Waals surface area contributed by atoms with Gasteiger partial charge in [0.1, 0.15) is 0 Å². The van der Waals surface area contributed by atoms with E-state index < -0.39 is 0 Å². The fourth-order valence-corrected chi connectivity index (χ4v) is 3.43. The third-order valence-corrected chi connectivity index (χ3v) is 4.65. The predicted octanol–water partition coefficient (Wildman–Crippen LogP) is 3.70. The van der Waals surface area contributed by atoms with E-state index in [1.54, 1.807) is 11.3 Å². The molecular formula is C15H14ClN3S. The Bertz CT molecular complexity index is 720. The number of thiophene rings is 1. The molecule has 0 spiro atoms. The van der Waals surface area contributed by atoms with Crippen LogP contribution in [0.15, 0.2) is 48.7 Å². The highest BCUT2D eigenvalue weighted by atomic mass is 35.5. The number of rotatable bonds is 4. The van der Waals surface area contributed by atoms with Gasteiger partial charge < -0.3 is 0 Å². The van der Waals surface area contributed by atoms with E-state index in [0.717, 1.165) is 26.5 Å². The molecule has 3 nitrogen and oxygen atoms in total. The van der Waals surface area contributed by atoms with Gasteiger partial charge in [-0.3, -0.25) is 16.3 Å². The average molecular weight is 304 g/mol. The lowest BCUT2D eigenvalue weighted by Crippen LogP contribution is -2.29. The molecule has 0 saturated heterocycles. The van der Waals surface area contributed by atoms with Gasteiger partial charge in [0.2, 0.25) is 0 Å². The maximum Gasteiger partial charge on any atom is 0.0931 e. The van der Waals surface area contributed by atoms with Crippen molar-refractivity contribution in [2.24, 2.45) is 5.84 Å². The molecule has 3 N–H and O–H groups in total. The summed E-state index contributed by atoms with van der Waals surface area (Å²) < 4.78 is 0.778. The molecule has 0 aliphatic carbocycles. The van der Waals surface area contributed by atoms with Crippen LogP contribution in [0, 0.1) is 0 Å². The first-order chi connectivity index (χ1) is 9.78. The molecular weight excluding hydrogens is 290 g/mol. The molecule has 0 aliphatic heterocycles. The Morgan fingerprint density at radius 3 is 2.80 bits per heavy atom. The Balaban J connectivity index is 1.95. The van der Waals surface area contributed by atoms with Crippen molar-refractivity contribution >= 4 is 33.8 Å². The number of nitrogens with zero attached hydrogens (tertiary/aromatic N) is 1. The molecule has 0 saturated carbocycles. The lowest BCUT2D eigenvalue weighted by Gasteiger charge is -2.15. The van der Waals surface area contributed by atoms with Crippen molar-refractivity contribution in [1.82, 2.24) is 10.4 Å². The van der Waals surface area contributed by atoms with Crippen LogP contribution >= 0.6 is 22.9 Å². The SMILES string of the molecule is NNC(Cc1ccnc2ccccc12)c1ccc(Cl)s1. The van der Waals surface area contributed by atoms with Gasteiger partial charge in [0, 0.05) is 16.5 Å². The molecule has 1 atom stereocenters. The summed E-state index contributed by atoms with van der Waals surface area (Å²) in [5.41, 5.74) is 5.11. The van der Waals surface area contributed by atoms with Crippen molar-refractivity contribution in [1.29, 1.82) is 0 Å². The lowest BCUT2D eigenvalue weighted by atomic mass is 10.0. The maximum atomic E-state index is 6.00. The van der Waals surface area contributed by atoms with Crippen LogP contribution in [0.5, 0.6) is 0 Å². The summed E-state index contributed by atoms with van der Waals surface area (Å²) in [5, 5.41) is 1.16. The minimum atomic E-state index is 0.0540. The van der Waals surface area contributed by atoms with Crippen LogP contribution in [0.1, 0.15) is 16.5 Å². The number of hydrazine groups is 1. The predicted molar refractivity (Wildman–Crippen MR) is 84.8 cm³/mol. The van der Waals surface area contributed by atoms with Gasteiger partial charge in [-0.2, -0.15) is 0 Å². The van der Waals surface area contributed by atoms with Gasteiger partial charge in [0.25, 0.3) is 0 Å². The van der Waals surface area contributed by atoms with Crippen molar-refractivity contribution < 1.29 is 0 Å². The summed E-state index contributed by atoms with van der Waals surface area (Å²) in [5.74, 6) is 5.70. The van der Waals surface area contributed by atoms with E-state index in [9.17, 15) is 0 Å². The Labute approximate surface area is 126 Å². The summed E-state index contributed by atoms with van der Waals surface area (Å²) in [7, 11) is 0. The largest absolute Gasteiger partial charge is 0.271 e. The Hall–Kier alpha value is -1.46. The van der Waals surface area contributed by atoms with E-state index in [2.05, 4.69) is 16.5 Å². The molecule has 5 heteroatoms. The number of aromatic nitrogens is 1. The number of para-hydroxylation sites is 1. The molecule has 0 radical (unpaired) electrons. The first-order valence-electron chi connectivity index (χ1n) is 6.32. The van der Waals surface area contributed by atoms with E-state index in [0.29, 0.717) is 0 Å². The van der Waals surface area contributed by atoms with Crippen molar-refractivity contribution in [2.75, 3.05) is 0 Å². The van der Waals surface area contributed by atoms with Crippen LogP contribution in [0.25, 0.3) is 10.9 Å². The van der Waals surface area contributed by atoms with Gasteiger partial charge in [-0.05, 0) is 36.2 Å². The zero-order valence-corrected chi connectivity index (χ0v) is 12.3. The summed E-state index contributed by atoms with van der Waals surface area (Å²) in [4.78, 5) is 5.52. The zero-order chi connectivity index (χ0) is 13.9. The van der Waals surface area contributed by atoms with Crippen molar-refractivity contribution in [3.63, 3.8) is 0 Å². The van der Waals surface area contributed by atoms with Gasteiger partial charge in [-0.15, -0.1) is 11.3 Å². The van der Waals surface area contributed by atoms with E-state index in [-0.39, 0.29) is 6.04 Å². The average Bonchev–Trinajstić information content (AvgIpc) is 2.91. The minimum Gasteiger partial charge on any atom is -0.271 e. The van der Waals surface area contributed by atoms with Crippen molar-refractivity contribution in [2.45, 2.75) is 12.5 Å². The van der Waals surface area contributed by atoms with E-state index in [4.69, 9.17) is 17.4 Å². The summed E-state index contributed by atoms with van der Waals surface area (Å²) in [6, 6.07) is 14.1. The number of nitrogens with one attached hydrogen (secondary N) is 1. The normalized spacial score (nSPS) is 12.7. The van der Waals surface area contributed by atoms with Crippen LogP contribution in [0.2, 0.25) is 4.34 Å². The molecule has 2 heterocycles. The molecule has 0 amide bonds. The lowest BCUT2D eigenvalue weighted by molar-refractivity contribution is 0.562. The van der Waals surface area contributed by atoms with Gasteiger partial charge in [-0.1, -0.05) is 29.8 Å². The third kappa shape index (κ3) is 2.69. The molecule has 20 heavy (non-hydrogen) atoms. The second-order valence-electron chi connectivity index (χ2n) is 4.55. The topological polar surface area (TPSA) is 50.9 Å². The van der Waals surface area contributed by atoms with Crippen LogP contribution in [-0.4, -0.2) is 4.98 Å². The molecule has 0 aliphatic rings. The molecule has 3 rings (SSSR count). The standard InChI is InChI=1S/C15H14ClN3S/c16-15-6-5-14(20-15)13(19-17)9-10-7-8-18-12-4-2-1-3-11(10)12/h1-8,13,19H,9,17H2. The van der Waals surface area contributed by atoms with Gasteiger partial charge in [-0.25, -0.2) is 0 Å². The minimum absolute atomic E-state index is 0.0540. The van der Waals surface area contributed by atoms with Gasteiger partial charge >= 0.3 is 0 Å². The highest BCUT2D eigenvalue weighted by Gasteiger charge is 2.14.